The van der Waals surface area contributed by atoms with Gasteiger partial charge in [-0.25, -0.2) is 8.42 Å². The zero-order chi connectivity index (χ0) is 23.0. The van der Waals surface area contributed by atoms with Gasteiger partial charge in [-0.3, -0.25) is 0 Å². The zero-order valence-corrected chi connectivity index (χ0v) is 17.9. The van der Waals surface area contributed by atoms with Gasteiger partial charge in [0.25, 0.3) is 0 Å². The van der Waals surface area contributed by atoms with Crippen LogP contribution in [0.2, 0.25) is 6.32 Å². The maximum atomic E-state index is 10.7. The molecule has 8 heteroatoms. The summed E-state index contributed by atoms with van der Waals surface area (Å²) < 4.78 is 58.9. The highest BCUT2D eigenvalue weighted by Gasteiger charge is 2.37. The lowest BCUT2D eigenvalue weighted by molar-refractivity contribution is -0.0517. The van der Waals surface area contributed by atoms with Crippen LogP contribution in [0.3, 0.4) is 0 Å². The highest BCUT2D eigenvalue weighted by atomic mass is 32.2. The Kier molecular flexibility index (Phi) is 8.47. The van der Waals surface area contributed by atoms with Crippen molar-refractivity contribution in [2.24, 2.45) is 0 Å². The minimum absolute atomic E-state index is 0.913. The van der Waals surface area contributed by atoms with Crippen molar-refractivity contribution in [3.63, 3.8) is 0 Å². The molecule has 0 bridgehead atoms. The predicted octanol–water partition coefficient (Wildman–Crippen LogP) is 4.01. The first kappa shape index (κ1) is 24.7. The monoisotopic (exact) mass is 448 g/mol. The molecule has 0 radical (unpaired) electrons. The van der Waals surface area contributed by atoms with E-state index >= 15 is 0 Å². The fourth-order valence-corrected chi connectivity index (χ4v) is 3.93. The molecule has 0 aromatic heterocycles. The lowest BCUT2D eigenvalue weighted by Gasteiger charge is -2.43. The minimum Gasteiger partial charge on any atom is -0.741 e. The number of hydrogen-bond donors (Lipinski definition) is 0. The van der Waals surface area contributed by atoms with Gasteiger partial charge in [0.05, 0.1) is 6.15 Å². The summed E-state index contributed by atoms with van der Waals surface area (Å²) in [6.45, 7) is 2.28. The number of alkyl halides is 3. The Hall–Kier alpha value is -2.58. The first-order valence-corrected chi connectivity index (χ1v) is 11.4. The maximum absolute atomic E-state index is 10.7. The van der Waals surface area contributed by atoms with Gasteiger partial charge in [0.2, 0.25) is 0 Å². The first-order chi connectivity index (χ1) is 14.6. The van der Waals surface area contributed by atoms with Crippen molar-refractivity contribution >= 4 is 32.7 Å². The van der Waals surface area contributed by atoms with Crippen molar-refractivity contribution in [2.75, 3.05) is 0 Å². The van der Waals surface area contributed by atoms with Crippen LogP contribution in [-0.2, 0) is 10.1 Å². The van der Waals surface area contributed by atoms with E-state index < -0.39 is 21.8 Å². The van der Waals surface area contributed by atoms with Crippen LogP contribution >= 0.6 is 0 Å². The third-order valence-electron chi connectivity index (χ3n) is 5.38. The lowest BCUT2D eigenvalue weighted by atomic mass is 9.14. The van der Waals surface area contributed by atoms with E-state index in [1.807, 2.05) is 0 Å². The second-order valence-electron chi connectivity index (χ2n) is 7.32. The van der Waals surface area contributed by atoms with Crippen molar-refractivity contribution < 1.29 is 26.1 Å². The predicted molar refractivity (Wildman–Crippen MR) is 119 cm³/mol. The van der Waals surface area contributed by atoms with E-state index in [9.17, 15) is 13.2 Å². The van der Waals surface area contributed by atoms with Crippen LogP contribution in [-0.4, -0.2) is 24.6 Å². The van der Waals surface area contributed by atoms with Crippen molar-refractivity contribution in [1.82, 2.24) is 0 Å². The molecule has 3 aromatic carbocycles. The summed E-state index contributed by atoms with van der Waals surface area (Å²) >= 11 is 0. The fraction of sp³-hybridized carbons (Fsp3) is 0.217. The molecule has 0 spiro atoms. The van der Waals surface area contributed by atoms with Crippen LogP contribution in [0.25, 0.3) is 0 Å². The van der Waals surface area contributed by atoms with Crippen LogP contribution in [0.4, 0.5) is 13.2 Å². The molecule has 0 unspecified atom stereocenters. The molecule has 0 N–H and O–H groups in total. The van der Waals surface area contributed by atoms with Gasteiger partial charge in [0.15, 0.2) is 10.1 Å². The summed E-state index contributed by atoms with van der Waals surface area (Å²) in [6.07, 6.45) is 2.73. The molecule has 0 heterocycles. The number of benzene rings is 3. The number of hydrogen-bond acceptors (Lipinski definition) is 3. The van der Waals surface area contributed by atoms with Gasteiger partial charge < -0.3 is 4.55 Å². The van der Waals surface area contributed by atoms with Gasteiger partial charge in [-0.2, -0.15) is 35.9 Å². The van der Waals surface area contributed by atoms with Crippen molar-refractivity contribution in [1.29, 1.82) is 0 Å². The van der Waals surface area contributed by atoms with Gasteiger partial charge in [0, 0.05) is 0 Å². The summed E-state index contributed by atoms with van der Waals surface area (Å²) in [6, 6.07) is 33.2. The molecule has 3 rings (SSSR count). The molecular weight excluding hydrogens is 424 g/mol. The molecule has 0 aliphatic carbocycles. The Balaban J connectivity index is 0.000000366. The van der Waals surface area contributed by atoms with Crippen LogP contribution in [0, 0.1) is 0 Å². The molecule has 31 heavy (non-hydrogen) atoms. The van der Waals surface area contributed by atoms with Crippen LogP contribution < -0.4 is 16.4 Å². The Morgan fingerprint density at radius 3 is 1.26 bits per heavy atom. The third-order valence-corrected chi connectivity index (χ3v) is 5.95. The average molecular weight is 448 g/mol. The molecule has 0 fully saturated rings. The average Bonchev–Trinajstić information content (AvgIpc) is 2.76. The van der Waals surface area contributed by atoms with E-state index in [1.54, 1.807) is 0 Å². The van der Waals surface area contributed by atoms with Gasteiger partial charge in [-0.1, -0.05) is 111 Å². The Morgan fingerprint density at radius 2 is 1.03 bits per heavy atom. The second-order valence-corrected chi connectivity index (χ2v) is 8.69. The summed E-state index contributed by atoms with van der Waals surface area (Å²) in [5.41, 5.74) is -1.32. The normalized spacial score (nSPS) is 12.0. The Morgan fingerprint density at radius 1 is 0.742 bits per heavy atom. The largest absolute Gasteiger partial charge is 0.741 e. The van der Waals surface area contributed by atoms with Crippen molar-refractivity contribution in [2.45, 2.75) is 31.6 Å². The topological polar surface area (TPSA) is 57.2 Å². The van der Waals surface area contributed by atoms with Crippen molar-refractivity contribution in [3.8, 4) is 0 Å². The summed E-state index contributed by atoms with van der Waals surface area (Å²) in [4.78, 5) is 0. The summed E-state index contributed by atoms with van der Waals surface area (Å²) in [5, 5.41) is 0. The molecule has 3 nitrogen and oxygen atoms in total. The van der Waals surface area contributed by atoms with Crippen LogP contribution in [0.1, 0.15) is 19.8 Å². The smallest absolute Gasteiger partial charge is 0.485 e. The number of rotatable bonds is 6. The second kappa shape index (κ2) is 10.6. The summed E-state index contributed by atoms with van der Waals surface area (Å²) in [5.74, 6) is 0. The third kappa shape index (κ3) is 6.21. The fourth-order valence-electron chi connectivity index (χ4n) is 3.93. The minimum atomic E-state index is -6.09. The van der Waals surface area contributed by atoms with Crippen LogP contribution in [0.5, 0.6) is 0 Å². The van der Waals surface area contributed by atoms with E-state index in [0.29, 0.717) is 0 Å². The number of unbranched alkanes of at least 4 members (excludes halogenated alkanes) is 1. The van der Waals surface area contributed by atoms with Crippen molar-refractivity contribution in [3.05, 3.63) is 91.0 Å². The van der Waals surface area contributed by atoms with E-state index in [-0.39, 0.29) is 0 Å². The van der Waals surface area contributed by atoms with Crippen LogP contribution in [0.15, 0.2) is 91.0 Å². The first-order valence-electron chi connectivity index (χ1n) is 9.98. The molecule has 0 amide bonds. The van der Waals surface area contributed by atoms with Gasteiger partial charge in [-0.05, 0) is 0 Å². The standard InChI is InChI=1S/C22H24B.CHF3O3S/c1-2-3-19-23(20-13-7-4-8-14-20,21-15-9-5-10-16-21)22-17-11-6-12-18-22;2-1(3,4)8(5,6)7/h4-18H,2-3,19H2,1H3;(H,5,6,7)/q-1;/p-1. The molecule has 0 saturated carbocycles. The lowest BCUT2D eigenvalue weighted by Crippen LogP contribution is -2.66. The highest BCUT2D eigenvalue weighted by molar-refractivity contribution is 7.86. The van der Waals surface area contributed by atoms with E-state index in [1.165, 1.54) is 35.6 Å². The molecule has 0 aliphatic heterocycles. The molecule has 0 aliphatic rings. The van der Waals surface area contributed by atoms with E-state index in [0.717, 1.165) is 0 Å². The molecule has 3 aromatic rings. The molecular formula is C23H24BF3O3S-2. The van der Waals surface area contributed by atoms with E-state index in [4.69, 9.17) is 13.0 Å². The summed E-state index contributed by atoms with van der Waals surface area (Å²) in [7, 11) is -6.09. The van der Waals surface area contributed by atoms with Gasteiger partial charge in [-0.15, -0.1) is 0 Å². The highest BCUT2D eigenvalue weighted by Crippen LogP contribution is 2.20. The molecule has 0 saturated heterocycles. The SMILES string of the molecule is CCCC[B-](c1ccccc1)(c1ccccc1)c1ccccc1.O=S(=O)([O-])C(F)(F)F. The molecule has 0 atom stereocenters. The molecule has 166 valence electrons. The van der Waals surface area contributed by atoms with Gasteiger partial charge >= 0.3 is 5.51 Å². The number of halogens is 3. The van der Waals surface area contributed by atoms with Gasteiger partial charge in [0.1, 0.15) is 0 Å². The van der Waals surface area contributed by atoms with E-state index in [2.05, 4.69) is 97.9 Å². The quantitative estimate of drug-likeness (QED) is 0.325. The Labute approximate surface area is 181 Å². The maximum Gasteiger partial charge on any atom is 0.485 e. The zero-order valence-electron chi connectivity index (χ0n) is 17.1. The Bertz CT molecular complexity index is 929.